The standard InChI is InChI=1S/C10H12ClNO/c1-13-9-3-2-7(11)6-8(9)10(12)4-5-10/h2-3,6H,4-5,12H2,1H3. The number of rotatable bonds is 2. The highest BCUT2D eigenvalue weighted by Gasteiger charge is 2.42. The fraction of sp³-hybridized carbons (Fsp3) is 0.400. The fourth-order valence-corrected chi connectivity index (χ4v) is 1.65. The topological polar surface area (TPSA) is 35.2 Å². The van der Waals surface area contributed by atoms with Crippen LogP contribution in [0.2, 0.25) is 5.02 Å². The first-order valence-corrected chi connectivity index (χ1v) is 4.66. The minimum atomic E-state index is -0.184. The van der Waals surface area contributed by atoms with Gasteiger partial charge in [0.1, 0.15) is 5.75 Å². The van der Waals surface area contributed by atoms with Gasteiger partial charge in [0.05, 0.1) is 7.11 Å². The van der Waals surface area contributed by atoms with Crippen LogP contribution in [0.5, 0.6) is 5.75 Å². The van der Waals surface area contributed by atoms with Crippen LogP contribution in [0.15, 0.2) is 18.2 Å². The fourth-order valence-electron chi connectivity index (χ4n) is 1.47. The smallest absolute Gasteiger partial charge is 0.124 e. The van der Waals surface area contributed by atoms with Crippen molar-refractivity contribution in [2.75, 3.05) is 7.11 Å². The zero-order valence-electron chi connectivity index (χ0n) is 7.51. The molecule has 0 heterocycles. The highest BCUT2D eigenvalue weighted by molar-refractivity contribution is 6.30. The van der Waals surface area contributed by atoms with E-state index < -0.39 is 0 Å². The van der Waals surface area contributed by atoms with Crippen LogP contribution in [-0.4, -0.2) is 7.11 Å². The number of benzene rings is 1. The molecular formula is C10H12ClNO. The predicted octanol–water partition coefficient (Wildman–Crippen LogP) is 2.30. The van der Waals surface area contributed by atoms with Gasteiger partial charge in [0.2, 0.25) is 0 Å². The summed E-state index contributed by atoms with van der Waals surface area (Å²) in [7, 11) is 1.65. The number of hydrogen-bond donors (Lipinski definition) is 1. The van der Waals surface area contributed by atoms with Crippen molar-refractivity contribution in [2.24, 2.45) is 5.73 Å². The number of methoxy groups -OCH3 is 1. The van der Waals surface area contributed by atoms with E-state index in [1.807, 2.05) is 18.2 Å². The van der Waals surface area contributed by atoms with Crippen LogP contribution in [0, 0.1) is 0 Å². The van der Waals surface area contributed by atoms with E-state index in [-0.39, 0.29) is 5.54 Å². The quantitative estimate of drug-likeness (QED) is 0.790. The average molecular weight is 198 g/mol. The minimum Gasteiger partial charge on any atom is -0.496 e. The van der Waals surface area contributed by atoms with E-state index in [1.54, 1.807) is 7.11 Å². The Bertz CT molecular complexity index is 334. The summed E-state index contributed by atoms with van der Waals surface area (Å²) in [6, 6.07) is 5.58. The maximum absolute atomic E-state index is 6.07. The van der Waals surface area contributed by atoms with E-state index in [0.29, 0.717) is 5.02 Å². The first-order chi connectivity index (χ1) is 6.15. The van der Waals surface area contributed by atoms with Gasteiger partial charge in [-0.25, -0.2) is 0 Å². The molecule has 0 unspecified atom stereocenters. The Morgan fingerprint density at radius 1 is 1.46 bits per heavy atom. The van der Waals surface area contributed by atoms with Gasteiger partial charge < -0.3 is 10.5 Å². The molecule has 0 aromatic heterocycles. The lowest BCUT2D eigenvalue weighted by Gasteiger charge is -2.14. The molecule has 13 heavy (non-hydrogen) atoms. The van der Waals surface area contributed by atoms with Gasteiger partial charge in [-0.15, -0.1) is 0 Å². The average Bonchev–Trinajstić information content (AvgIpc) is 2.85. The van der Waals surface area contributed by atoms with Gasteiger partial charge in [0.15, 0.2) is 0 Å². The minimum absolute atomic E-state index is 0.184. The second kappa shape index (κ2) is 2.89. The monoisotopic (exact) mass is 197 g/mol. The van der Waals surface area contributed by atoms with Crippen molar-refractivity contribution < 1.29 is 4.74 Å². The third-order valence-electron chi connectivity index (χ3n) is 2.49. The van der Waals surface area contributed by atoms with Crippen LogP contribution in [0.25, 0.3) is 0 Å². The van der Waals surface area contributed by atoms with Crippen molar-refractivity contribution in [3.05, 3.63) is 28.8 Å². The molecule has 2 rings (SSSR count). The van der Waals surface area contributed by atoms with Gasteiger partial charge in [-0.3, -0.25) is 0 Å². The normalized spacial score (nSPS) is 18.4. The molecule has 1 fully saturated rings. The maximum Gasteiger partial charge on any atom is 0.124 e. The van der Waals surface area contributed by atoms with Crippen LogP contribution in [-0.2, 0) is 5.54 Å². The molecular weight excluding hydrogens is 186 g/mol. The molecule has 1 aliphatic carbocycles. The zero-order valence-corrected chi connectivity index (χ0v) is 8.27. The van der Waals surface area contributed by atoms with Crippen LogP contribution < -0.4 is 10.5 Å². The molecule has 1 aliphatic rings. The Balaban J connectivity index is 2.47. The number of halogens is 1. The molecule has 1 saturated carbocycles. The van der Waals surface area contributed by atoms with E-state index in [2.05, 4.69) is 0 Å². The highest BCUT2D eigenvalue weighted by Crippen LogP contribution is 2.47. The van der Waals surface area contributed by atoms with Gasteiger partial charge >= 0.3 is 0 Å². The summed E-state index contributed by atoms with van der Waals surface area (Å²) >= 11 is 5.90. The lowest BCUT2D eigenvalue weighted by molar-refractivity contribution is 0.404. The van der Waals surface area contributed by atoms with E-state index in [0.717, 1.165) is 24.2 Å². The van der Waals surface area contributed by atoms with Crippen molar-refractivity contribution in [3.63, 3.8) is 0 Å². The van der Waals surface area contributed by atoms with Crippen molar-refractivity contribution >= 4 is 11.6 Å². The Hall–Kier alpha value is -0.730. The van der Waals surface area contributed by atoms with Crippen molar-refractivity contribution in [3.8, 4) is 5.75 Å². The zero-order chi connectivity index (χ0) is 9.47. The summed E-state index contributed by atoms with van der Waals surface area (Å²) < 4.78 is 5.23. The Kier molecular flexibility index (Phi) is 1.97. The van der Waals surface area contributed by atoms with Gasteiger partial charge in [-0.05, 0) is 31.0 Å². The molecule has 0 radical (unpaired) electrons. The van der Waals surface area contributed by atoms with Crippen LogP contribution in [0.1, 0.15) is 18.4 Å². The second-order valence-electron chi connectivity index (χ2n) is 3.50. The molecule has 1 aromatic rings. The van der Waals surface area contributed by atoms with Crippen LogP contribution >= 0.6 is 11.6 Å². The summed E-state index contributed by atoms with van der Waals surface area (Å²) in [5, 5.41) is 0.715. The van der Waals surface area contributed by atoms with E-state index >= 15 is 0 Å². The summed E-state index contributed by atoms with van der Waals surface area (Å²) in [4.78, 5) is 0. The van der Waals surface area contributed by atoms with E-state index in [4.69, 9.17) is 22.1 Å². The first kappa shape index (κ1) is 8.85. The maximum atomic E-state index is 6.07. The summed E-state index contributed by atoms with van der Waals surface area (Å²) in [5.41, 5.74) is 6.92. The Morgan fingerprint density at radius 3 is 2.69 bits per heavy atom. The summed E-state index contributed by atoms with van der Waals surface area (Å²) in [6.07, 6.45) is 2.04. The van der Waals surface area contributed by atoms with Crippen LogP contribution in [0.4, 0.5) is 0 Å². The SMILES string of the molecule is COc1ccc(Cl)cc1C1(N)CC1. The number of nitrogens with two attached hydrogens (primary N) is 1. The van der Waals surface area contributed by atoms with E-state index in [1.165, 1.54) is 0 Å². The first-order valence-electron chi connectivity index (χ1n) is 4.29. The van der Waals surface area contributed by atoms with Crippen molar-refractivity contribution in [1.82, 2.24) is 0 Å². The lowest BCUT2D eigenvalue weighted by Crippen LogP contribution is -2.19. The lowest BCUT2D eigenvalue weighted by atomic mass is 10.0. The second-order valence-corrected chi connectivity index (χ2v) is 3.94. The third kappa shape index (κ3) is 1.52. The molecule has 0 bridgehead atoms. The van der Waals surface area contributed by atoms with Gasteiger partial charge in [0, 0.05) is 16.1 Å². The Labute approximate surface area is 82.6 Å². The molecule has 2 nitrogen and oxygen atoms in total. The molecule has 1 aromatic carbocycles. The van der Waals surface area contributed by atoms with Gasteiger partial charge in [0.25, 0.3) is 0 Å². The molecule has 0 aliphatic heterocycles. The van der Waals surface area contributed by atoms with Gasteiger partial charge in [-0.2, -0.15) is 0 Å². The molecule has 2 N–H and O–H groups in total. The third-order valence-corrected chi connectivity index (χ3v) is 2.72. The van der Waals surface area contributed by atoms with E-state index in [9.17, 15) is 0 Å². The number of ether oxygens (including phenoxy) is 1. The molecule has 0 atom stereocenters. The molecule has 0 amide bonds. The molecule has 0 saturated heterocycles. The summed E-state index contributed by atoms with van der Waals surface area (Å²) in [6.45, 7) is 0. The predicted molar refractivity (Wildman–Crippen MR) is 53.1 cm³/mol. The Morgan fingerprint density at radius 2 is 2.15 bits per heavy atom. The number of hydrogen-bond acceptors (Lipinski definition) is 2. The molecule has 3 heteroatoms. The highest BCUT2D eigenvalue weighted by atomic mass is 35.5. The molecule has 70 valence electrons. The van der Waals surface area contributed by atoms with Crippen LogP contribution in [0.3, 0.4) is 0 Å². The summed E-state index contributed by atoms with van der Waals surface area (Å²) in [5.74, 6) is 0.837. The van der Waals surface area contributed by atoms with Gasteiger partial charge in [-0.1, -0.05) is 11.6 Å². The van der Waals surface area contributed by atoms with Crippen molar-refractivity contribution in [1.29, 1.82) is 0 Å². The largest absolute Gasteiger partial charge is 0.496 e. The molecule has 0 spiro atoms. The van der Waals surface area contributed by atoms with Crippen molar-refractivity contribution in [2.45, 2.75) is 18.4 Å².